The number of aliphatic carboxylic acids is 1. The van der Waals surface area contributed by atoms with Gasteiger partial charge in [0.1, 0.15) is 17.1 Å². The topological polar surface area (TPSA) is 60.8 Å². The summed E-state index contributed by atoms with van der Waals surface area (Å²) in [5.41, 5.74) is -0.477. The predicted molar refractivity (Wildman–Crippen MR) is 77.7 cm³/mol. The monoisotopic (exact) mass is 295 g/mol. The van der Waals surface area contributed by atoms with Crippen molar-refractivity contribution in [2.75, 3.05) is 6.54 Å². The van der Waals surface area contributed by atoms with Crippen molar-refractivity contribution in [1.29, 1.82) is 0 Å². The lowest BCUT2D eigenvalue weighted by molar-refractivity contribution is -0.151. The summed E-state index contributed by atoms with van der Waals surface area (Å²) in [4.78, 5) is 13.7. The average Bonchev–Trinajstić information content (AvgIpc) is 2.83. The summed E-state index contributed by atoms with van der Waals surface area (Å²) < 4.78 is 14.1. The molecular formula is C16H22FNO3. The minimum Gasteiger partial charge on any atom is -0.508 e. The molecule has 0 saturated carbocycles. The summed E-state index contributed by atoms with van der Waals surface area (Å²) >= 11 is 0. The highest BCUT2D eigenvalue weighted by Crippen LogP contribution is 2.40. The maximum absolute atomic E-state index is 14.1. The first-order valence-electron chi connectivity index (χ1n) is 7.41. The van der Waals surface area contributed by atoms with E-state index >= 15 is 0 Å². The molecule has 1 fully saturated rings. The molecule has 0 radical (unpaired) electrons. The summed E-state index contributed by atoms with van der Waals surface area (Å²) in [6, 6.07) is 3.71. The van der Waals surface area contributed by atoms with Crippen LogP contribution in [-0.2, 0) is 4.79 Å². The van der Waals surface area contributed by atoms with Gasteiger partial charge in [-0.2, -0.15) is 0 Å². The van der Waals surface area contributed by atoms with E-state index in [0.29, 0.717) is 24.9 Å². The molecule has 1 aromatic rings. The van der Waals surface area contributed by atoms with Crippen LogP contribution >= 0.6 is 0 Å². The van der Waals surface area contributed by atoms with Crippen LogP contribution in [0.25, 0.3) is 0 Å². The van der Waals surface area contributed by atoms with Crippen LogP contribution in [0, 0.1) is 5.82 Å². The summed E-state index contributed by atoms with van der Waals surface area (Å²) in [6.07, 6.45) is 2.73. The maximum atomic E-state index is 14.1. The number of phenolic OH excluding ortho intramolecular Hbond substituents is 1. The maximum Gasteiger partial charge on any atom is 0.324 e. The summed E-state index contributed by atoms with van der Waals surface area (Å²) in [5.74, 6) is -1.44. The van der Waals surface area contributed by atoms with Gasteiger partial charge in [0.05, 0.1) is 0 Å². The molecule has 2 N–H and O–H groups in total. The first kappa shape index (κ1) is 15.8. The molecule has 1 aromatic carbocycles. The highest BCUT2D eigenvalue weighted by molar-refractivity contribution is 5.79. The van der Waals surface area contributed by atoms with Gasteiger partial charge in [-0.3, -0.25) is 9.69 Å². The molecule has 0 bridgehead atoms. The fraction of sp³-hybridized carbons (Fsp3) is 0.562. The van der Waals surface area contributed by atoms with E-state index in [1.807, 2.05) is 18.7 Å². The smallest absolute Gasteiger partial charge is 0.324 e. The number of hydrogen-bond acceptors (Lipinski definition) is 3. The number of phenols is 1. The predicted octanol–water partition coefficient (Wildman–Crippen LogP) is 3.31. The Morgan fingerprint density at radius 2 is 2.24 bits per heavy atom. The van der Waals surface area contributed by atoms with Crippen LogP contribution in [0.2, 0.25) is 0 Å². The molecule has 1 saturated heterocycles. The molecule has 5 heteroatoms. The normalized spacial score (nSPS) is 24.1. The van der Waals surface area contributed by atoms with Gasteiger partial charge in [0.15, 0.2) is 0 Å². The number of likely N-dealkylation sites (tertiary alicyclic amines) is 1. The molecule has 0 aromatic heterocycles. The number of rotatable bonds is 5. The van der Waals surface area contributed by atoms with Gasteiger partial charge in [0.2, 0.25) is 0 Å². The lowest BCUT2D eigenvalue weighted by Gasteiger charge is -2.39. The first-order valence-corrected chi connectivity index (χ1v) is 7.41. The minimum atomic E-state index is -0.904. The van der Waals surface area contributed by atoms with Crippen molar-refractivity contribution < 1.29 is 19.4 Å². The van der Waals surface area contributed by atoms with Crippen molar-refractivity contribution in [3.05, 3.63) is 29.6 Å². The molecule has 21 heavy (non-hydrogen) atoms. The Kier molecular flexibility index (Phi) is 4.52. The molecular weight excluding hydrogens is 273 g/mol. The van der Waals surface area contributed by atoms with E-state index in [1.54, 1.807) is 0 Å². The fourth-order valence-electron chi connectivity index (χ4n) is 3.51. The van der Waals surface area contributed by atoms with Crippen molar-refractivity contribution in [2.45, 2.75) is 51.1 Å². The Bertz CT molecular complexity index is 534. The number of carboxylic acids is 1. The van der Waals surface area contributed by atoms with Crippen LogP contribution in [-0.4, -0.2) is 33.2 Å². The summed E-state index contributed by atoms with van der Waals surface area (Å²) in [5, 5.41) is 19.0. The van der Waals surface area contributed by atoms with Crippen LogP contribution in [0.1, 0.15) is 51.1 Å². The zero-order valence-electron chi connectivity index (χ0n) is 12.5. The van der Waals surface area contributed by atoms with Crippen LogP contribution in [0.15, 0.2) is 18.2 Å². The number of benzene rings is 1. The zero-order valence-corrected chi connectivity index (χ0v) is 12.5. The zero-order chi connectivity index (χ0) is 15.6. The van der Waals surface area contributed by atoms with Crippen molar-refractivity contribution in [1.82, 2.24) is 4.90 Å². The molecule has 2 rings (SSSR count). The van der Waals surface area contributed by atoms with Crippen LogP contribution in [0.5, 0.6) is 5.75 Å². The Labute approximate surface area is 124 Å². The van der Waals surface area contributed by atoms with E-state index in [0.717, 1.165) is 18.9 Å². The summed E-state index contributed by atoms with van der Waals surface area (Å²) in [7, 11) is 0. The molecule has 1 heterocycles. The fourth-order valence-corrected chi connectivity index (χ4v) is 3.51. The van der Waals surface area contributed by atoms with Crippen molar-refractivity contribution >= 4 is 5.97 Å². The van der Waals surface area contributed by atoms with Gasteiger partial charge in [0, 0.05) is 17.7 Å². The van der Waals surface area contributed by atoms with Crippen LogP contribution in [0.4, 0.5) is 4.39 Å². The first-order chi connectivity index (χ1) is 9.92. The highest BCUT2D eigenvalue weighted by atomic mass is 19.1. The van der Waals surface area contributed by atoms with E-state index in [4.69, 9.17) is 0 Å². The number of halogens is 1. The second-order valence-corrected chi connectivity index (χ2v) is 5.77. The van der Waals surface area contributed by atoms with Gasteiger partial charge in [-0.15, -0.1) is 0 Å². The largest absolute Gasteiger partial charge is 0.508 e. The van der Waals surface area contributed by atoms with Gasteiger partial charge in [-0.05, 0) is 38.8 Å². The molecule has 116 valence electrons. The van der Waals surface area contributed by atoms with Gasteiger partial charge < -0.3 is 10.2 Å². The van der Waals surface area contributed by atoms with E-state index in [1.165, 1.54) is 12.1 Å². The highest BCUT2D eigenvalue weighted by Gasteiger charge is 2.49. The number of carbonyl (C=O) groups is 1. The Morgan fingerprint density at radius 3 is 2.81 bits per heavy atom. The molecule has 2 atom stereocenters. The molecule has 1 aliphatic heterocycles. The van der Waals surface area contributed by atoms with Gasteiger partial charge in [0.25, 0.3) is 0 Å². The van der Waals surface area contributed by atoms with Crippen molar-refractivity contribution in [2.24, 2.45) is 0 Å². The average molecular weight is 295 g/mol. The molecule has 0 spiro atoms. The Hall–Kier alpha value is -1.62. The van der Waals surface area contributed by atoms with Crippen molar-refractivity contribution in [3.8, 4) is 5.75 Å². The lowest BCUT2D eigenvalue weighted by atomic mass is 9.89. The van der Waals surface area contributed by atoms with E-state index in [2.05, 4.69) is 0 Å². The number of aromatic hydroxyl groups is 1. The van der Waals surface area contributed by atoms with Gasteiger partial charge in [-0.1, -0.05) is 19.4 Å². The second kappa shape index (κ2) is 6.02. The van der Waals surface area contributed by atoms with Crippen LogP contribution in [0.3, 0.4) is 0 Å². The third-order valence-electron chi connectivity index (χ3n) is 4.50. The molecule has 0 amide bonds. The number of carboxylic acid groups (broad SMARTS) is 1. The Morgan fingerprint density at radius 1 is 1.52 bits per heavy atom. The molecule has 1 aliphatic rings. The van der Waals surface area contributed by atoms with E-state index in [-0.39, 0.29) is 11.8 Å². The Balaban J connectivity index is 2.36. The molecule has 4 nitrogen and oxygen atoms in total. The van der Waals surface area contributed by atoms with Gasteiger partial charge >= 0.3 is 5.97 Å². The lowest BCUT2D eigenvalue weighted by Crippen LogP contribution is -2.51. The minimum absolute atomic E-state index is 0.122. The van der Waals surface area contributed by atoms with Crippen LogP contribution < -0.4 is 0 Å². The third kappa shape index (κ3) is 2.75. The van der Waals surface area contributed by atoms with Crippen molar-refractivity contribution in [3.63, 3.8) is 0 Å². The quantitative estimate of drug-likeness (QED) is 0.875. The second-order valence-electron chi connectivity index (χ2n) is 5.77. The standard InChI is InChI=1S/C16H22FNO3/c1-3-7-16(15(20)21)8-4-9-18(16)11(2)13-6-5-12(19)10-14(13)17/h5-6,10-11,19H,3-4,7-9H2,1-2H3,(H,20,21). The molecule has 2 unspecified atom stereocenters. The van der Waals surface area contributed by atoms with E-state index in [9.17, 15) is 19.4 Å². The SMILES string of the molecule is CCCC1(C(=O)O)CCCN1C(C)c1ccc(O)cc1F. The molecule has 0 aliphatic carbocycles. The summed E-state index contributed by atoms with van der Waals surface area (Å²) in [6.45, 7) is 4.44. The third-order valence-corrected chi connectivity index (χ3v) is 4.50. The number of nitrogens with zero attached hydrogens (tertiary/aromatic N) is 1. The van der Waals surface area contributed by atoms with Gasteiger partial charge in [-0.25, -0.2) is 4.39 Å². The van der Waals surface area contributed by atoms with E-state index < -0.39 is 17.3 Å². The number of hydrogen-bond donors (Lipinski definition) is 2.